The molecule has 2 N–H and O–H groups in total. The normalized spacial score (nSPS) is 10.9. The fraction of sp³-hybridized carbons (Fsp3) is 0.125. The second-order valence-corrected chi connectivity index (χ2v) is 5.39. The van der Waals surface area contributed by atoms with E-state index in [1.807, 2.05) is 6.92 Å². The molecule has 2 aromatic heterocycles. The van der Waals surface area contributed by atoms with Gasteiger partial charge in [-0.3, -0.25) is 9.20 Å². The summed E-state index contributed by atoms with van der Waals surface area (Å²) in [5.74, 6) is -1.09. The highest BCUT2D eigenvalue weighted by Crippen LogP contribution is 2.27. The lowest BCUT2D eigenvalue weighted by atomic mass is 10.2. The Morgan fingerprint density at radius 3 is 2.91 bits per heavy atom. The third-order valence-electron chi connectivity index (χ3n) is 3.41. The first-order valence-corrected chi connectivity index (χ1v) is 7.33. The largest absolute Gasteiger partial charge is 0.506 e. The molecule has 0 radical (unpaired) electrons. The number of amides is 1. The van der Waals surface area contributed by atoms with Crippen LogP contribution in [0.1, 0.15) is 23.1 Å². The predicted octanol–water partition coefficient (Wildman–Crippen LogP) is 3.65. The standard InChI is InChI=1S/C16H13ClFN3O2/c1-2-11-15(21-8-10(18)4-6-14(21)19-11)16(23)20-12-7-9(17)3-5-13(12)22/h3-8,22H,2H2,1H3,(H,20,23). The molecule has 0 spiro atoms. The van der Waals surface area contributed by atoms with Gasteiger partial charge >= 0.3 is 0 Å². The minimum Gasteiger partial charge on any atom is -0.506 e. The molecule has 0 fully saturated rings. The van der Waals surface area contributed by atoms with Crippen molar-refractivity contribution in [1.29, 1.82) is 0 Å². The zero-order valence-corrected chi connectivity index (χ0v) is 12.9. The summed E-state index contributed by atoms with van der Waals surface area (Å²) in [7, 11) is 0. The second-order valence-electron chi connectivity index (χ2n) is 4.95. The van der Waals surface area contributed by atoms with Crippen molar-refractivity contribution in [3.63, 3.8) is 0 Å². The molecule has 5 nitrogen and oxygen atoms in total. The van der Waals surface area contributed by atoms with Crippen LogP contribution in [0.3, 0.4) is 0 Å². The van der Waals surface area contributed by atoms with E-state index in [1.165, 1.54) is 40.9 Å². The van der Waals surface area contributed by atoms with E-state index in [9.17, 15) is 14.3 Å². The maximum atomic E-state index is 13.5. The SMILES string of the molecule is CCc1nc2ccc(F)cn2c1C(=O)Nc1cc(Cl)ccc1O. The minimum absolute atomic E-state index is 0.110. The van der Waals surface area contributed by atoms with Gasteiger partial charge in [-0.2, -0.15) is 0 Å². The van der Waals surface area contributed by atoms with E-state index >= 15 is 0 Å². The maximum absolute atomic E-state index is 13.5. The number of phenolic OH excluding ortho intramolecular Hbond substituents is 1. The number of aryl methyl sites for hydroxylation is 1. The lowest BCUT2D eigenvalue weighted by Gasteiger charge is -2.09. The van der Waals surface area contributed by atoms with Gasteiger partial charge in [0.15, 0.2) is 0 Å². The molecule has 0 bridgehead atoms. The highest BCUT2D eigenvalue weighted by atomic mass is 35.5. The van der Waals surface area contributed by atoms with Gasteiger partial charge in [0.2, 0.25) is 0 Å². The summed E-state index contributed by atoms with van der Waals surface area (Å²) in [5, 5.41) is 12.8. The quantitative estimate of drug-likeness (QED) is 0.719. The molecule has 3 rings (SSSR count). The van der Waals surface area contributed by atoms with Gasteiger partial charge in [0.25, 0.3) is 5.91 Å². The number of aromatic nitrogens is 2. The van der Waals surface area contributed by atoms with Crippen molar-refractivity contribution in [2.45, 2.75) is 13.3 Å². The monoisotopic (exact) mass is 333 g/mol. The van der Waals surface area contributed by atoms with Crippen LogP contribution < -0.4 is 5.32 Å². The zero-order valence-electron chi connectivity index (χ0n) is 12.2. The van der Waals surface area contributed by atoms with Crippen LogP contribution in [0.4, 0.5) is 10.1 Å². The summed E-state index contributed by atoms with van der Waals surface area (Å²) in [6, 6.07) is 7.11. The van der Waals surface area contributed by atoms with Crippen molar-refractivity contribution in [3.05, 3.63) is 58.8 Å². The molecular formula is C16H13ClFN3O2. The Hall–Kier alpha value is -2.60. The molecule has 0 aliphatic rings. The van der Waals surface area contributed by atoms with E-state index in [1.54, 1.807) is 0 Å². The third-order valence-corrected chi connectivity index (χ3v) is 3.65. The number of fused-ring (bicyclic) bond motifs is 1. The number of hydrogen-bond donors (Lipinski definition) is 2. The summed E-state index contributed by atoms with van der Waals surface area (Å²) < 4.78 is 14.9. The first-order valence-electron chi connectivity index (χ1n) is 6.96. The fourth-order valence-electron chi connectivity index (χ4n) is 2.34. The van der Waals surface area contributed by atoms with Crippen molar-refractivity contribution >= 4 is 28.8 Å². The number of carbonyl (C=O) groups is 1. The minimum atomic E-state index is -0.502. The van der Waals surface area contributed by atoms with Gasteiger partial charge in [0.1, 0.15) is 22.9 Å². The van der Waals surface area contributed by atoms with E-state index in [4.69, 9.17) is 11.6 Å². The van der Waals surface area contributed by atoms with Crippen molar-refractivity contribution in [1.82, 2.24) is 9.38 Å². The number of phenols is 1. The lowest BCUT2D eigenvalue weighted by molar-refractivity contribution is 0.102. The summed E-state index contributed by atoms with van der Waals surface area (Å²) in [6.07, 6.45) is 1.71. The van der Waals surface area contributed by atoms with Crippen molar-refractivity contribution in [3.8, 4) is 5.75 Å². The van der Waals surface area contributed by atoms with Gasteiger partial charge in [-0.1, -0.05) is 18.5 Å². The van der Waals surface area contributed by atoms with Gasteiger partial charge in [-0.25, -0.2) is 9.37 Å². The lowest BCUT2D eigenvalue weighted by Crippen LogP contribution is -2.16. The van der Waals surface area contributed by atoms with E-state index in [-0.39, 0.29) is 17.1 Å². The molecule has 0 saturated carbocycles. The number of halogens is 2. The molecule has 0 saturated heterocycles. The van der Waals surface area contributed by atoms with Crippen LogP contribution in [0.25, 0.3) is 5.65 Å². The van der Waals surface area contributed by atoms with Crippen LogP contribution in [-0.2, 0) is 6.42 Å². The molecule has 3 aromatic rings. The average molecular weight is 334 g/mol. The number of rotatable bonds is 3. The number of nitrogens with one attached hydrogen (secondary N) is 1. The van der Waals surface area contributed by atoms with Crippen LogP contribution in [0.15, 0.2) is 36.5 Å². The summed E-state index contributed by atoms with van der Waals surface area (Å²) in [6.45, 7) is 1.85. The number of nitrogens with zero attached hydrogens (tertiary/aromatic N) is 2. The summed E-state index contributed by atoms with van der Waals surface area (Å²) >= 11 is 5.87. The molecule has 2 heterocycles. The van der Waals surface area contributed by atoms with Gasteiger partial charge in [-0.15, -0.1) is 0 Å². The summed E-state index contributed by atoms with van der Waals surface area (Å²) in [4.78, 5) is 16.9. The molecule has 118 valence electrons. The predicted molar refractivity (Wildman–Crippen MR) is 85.6 cm³/mol. The van der Waals surface area contributed by atoms with E-state index < -0.39 is 11.7 Å². The smallest absolute Gasteiger partial charge is 0.274 e. The average Bonchev–Trinajstić information content (AvgIpc) is 2.88. The topological polar surface area (TPSA) is 66.6 Å². The van der Waals surface area contributed by atoms with Gasteiger partial charge in [0, 0.05) is 11.2 Å². The number of pyridine rings is 1. The first kappa shape index (κ1) is 15.3. The highest BCUT2D eigenvalue weighted by Gasteiger charge is 2.19. The van der Waals surface area contributed by atoms with Crippen molar-refractivity contribution < 1.29 is 14.3 Å². The Bertz CT molecular complexity index is 908. The number of imidazole rings is 1. The van der Waals surface area contributed by atoms with Crippen LogP contribution in [-0.4, -0.2) is 20.4 Å². The maximum Gasteiger partial charge on any atom is 0.274 e. The number of aromatic hydroxyl groups is 1. The Labute approximate surface area is 136 Å². The van der Waals surface area contributed by atoms with Crippen LogP contribution in [0, 0.1) is 5.82 Å². The van der Waals surface area contributed by atoms with Crippen LogP contribution in [0.5, 0.6) is 5.75 Å². The van der Waals surface area contributed by atoms with Gasteiger partial charge < -0.3 is 10.4 Å². The van der Waals surface area contributed by atoms with Crippen molar-refractivity contribution in [2.24, 2.45) is 0 Å². The Balaban J connectivity index is 2.06. The second kappa shape index (κ2) is 5.89. The molecule has 7 heteroatoms. The van der Waals surface area contributed by atoms with Crippen molar-refractivity contribution in [2.75, 3.05) is 5.32 Å². The molecule has 0 aliphatic heterocycles. The third kappa shape index (κ3) is 2.85. The van der Waals surface area contributed by atoms with E-state index in [2.05, 4.69) is 10.3 Å². The number of carbonyl (C=O) groups excluding carboxylic acids is 1. The number of benzene rings is 1. The van der Waals surface area contributed by atoms with E-state index in [0.29, 0.717) is 22.8 Å². The number of hydrogen-bond acceptors (Lipinski definition) is 3. The molecule has 0 atom stereocenters. The molecule has 0 unspecified atom stereocenters. The van der Waals surface area contributed by atoms with Gasteiger partial charge in [-0.05, 0) is 36.8 Å². The molecular weight excluding hydrogens is 321 g/mol. The number of anilines is 1. The fourth-order valence-corrected chi connectivity index (χ4v) is 2.52. The molecule has 1 aromatic carbocycles. The summed E-state index contributed by atoms with van der Waals surface area (Å²) in [5.41, 5.74) is 1.41. The zero-order chi connectivity index (χ0) is 16.6. The van der Waals surface area contributed by atoms with Crippen LogP contribution >= 0.6 is 11.6 Å². The molecule has 0 aliphatic carbocycles. The first-order chi connectivity index (χ1) is 11.0. The molecule has 23 heavy (non-hydrogen) atoms. The van der Waals surface area contributed by atoms with Crippen LogP contribution in [0.2, 0.25) is 5.02 Å². The Morgan fingerprint density at radius 2 is 2.17 bits per heavy atom. The Morgan fingerprint density at radius 1 is 1.39 bits per heavy atom. The van der Waals surface area contributed by atoms with E-state index in [0.717, 1.165) is 0 Å². The Kier molecular flexibility index (Phi) is 3.92. The molecule has 1 amide bonds. The van der Waals surface area contributed by atoms with Gasteiger partial charge in [0.05, 0.1) is 11.4 Å². The highest BCUT2D eigenvalue weighted by molar-refractivity contribution is 6.31.